The predicted octanol–water partition coefficient (Wildman–Crippen LogP) is 3.03. The second kappa shape index (κ2) is 4.53. The van der Waals surface area contributed by atoms with Crippen LogP contribution in [0.5, 0.6) is 5.75 Å². The maximum absolute atomic E-state index is 11.5. The Bertz CT molecular complexity index is 551. The molecule has 0 heterocycles. The fourth-order valence-electron chi connectivity index (χ4n) is 1.98. The number of hydrogen-bond donors (Lipinski definition) is 0. The van der Waals surface area contributed by atoms with Gasteiger partial charge in [0, 0.05) is 16.5 Å². The van der Waals surface area contributed by atoms with Gasteiger partial charge in [-0.3, -0.25) is 0 Å². The highest BCUT2D eigenvalue weighted by atomic mass is 79.9. The maximum Gasteiger partial charge on any atom is 0.175 e. The van der Waals surface area contributed by atoms with E-state index in [0.717, 1.165) is 6.42 Å². The molecule has 3 nitrogen and oxygen atoms in total. The van der Waals surface area contributed by atoms with E-state index in [9.17, 15) is 8.42 Å². The molecule has 0 aromatic heterocycles. The van der Waals surface area contributed by atoms with Crippen molar-refractivity contribution in [2.24, 2.45) is 5.41 Å². The van der Waals surface area contributed by atoms with Crippen LogP contribution in [0.25, 0.3) is 0 Å². The summed E-state index contributed by atoms with van der Waals surface area (Å²) in [6.45, 7) is 4.28. The van der Waals surface area contributed by atoms with E-state index in [1.165, 1.54) is 6.26 Å². The quantitative estimate of drug-likeness (QED) is 0.799. The van der Waals surface area contributed by atoms with E-state index in [2.05, 4.69) is 29.8 Å². The first-order valence-electron chi connectivity index (χ1n) is 5.82. The van der Waals surface area contributed by atoms with Crippen molar-refractivity contribution in [2.45, 2.75) is 36.1 Å². The van der Waals surface area contributed by atoms with Gasteiger partial charge in [-0.25, -0.2) is 8.42 Å². The van der Waals surface area contributed by atoms with E-state index in [1.54, 1.807) is 24.3 Å². The summed E-state index contributed by atoms with van der Waals surface area (Å²) in [6, 6.07) is 6.68. The minimum atomic E-state index is -3.18. The van der Waals surface area contributed by atoms with Crippen molar-refractivity contribution in [1.29, 1.82) is 0 Å². The van der Waals surface area contributed by atoms with Gasteiger partial charge in [0.2, 0.25) is 0 Å². The van der Waals surface area contributed by atoms with Crippen LogP contribution in [0.4, 0.5) is 0 Å². The molecule has 100 valence electrons. The number of sulfone groups is 1. The molecule has 0 radical (unpaired) electrons. The molecule has 0 saturated heterocycles. The first-order valence-corrected chi connectivity index (χ1v) is 8.63. The fraction of sp³-hybridized carbons (Fsp3) is 0.538. The van der Waals surface area contributed by atoms with Crippen LogP contribution < -0.4 is 4.74 Å². The number of ether oxygens (including phenoxy) is 1. The SMILES string of the molecule is CC1(C)C(Br)CC1Oc1cccc(S(C)(=O)=O)c1. The third-order valence-corrected chi connectivity index (χ3v) is 6.23. The fourth-order valence-corrected chi connectivity index (χ4v) is 3.27. The van der Waals surface area contributed by atoms with Gasteiger partial charge in [0.15, 0.2) is 9.84 Å². The Balaban J connectivity index is 2.17. The normalized spacial score (nSPS) is 26.4. The monoisotopic (exact) mass is 332 g/mol. The molecule has 18 heavy (non-hydrogen) atoms. The molecule has 0 aliphatic heterocycles. The lowest BCUT2D eigenvalue weighted by Crippen LogP contribution is -2.53. The summed E-state index contributed by atoms with van der Waals surface area (Å²) in [5, 5.41) is 0. The minimum Gasteiger partial charge on any atom is -0.490 e. The topological polar surface area (TPSA) is 43.4 Å². The summed E-state index contributed by atoms with van der Waals surface area (Å²) in [5.74, 6) is 0.621. The molecule has 0 spiro atoms. The molecule has 0 N–H and O–H groups in total. The summed E-state index contributed by atoms with van der Waals surface area (Å²) in [7, 11) is -3.18. The van der Waals surface area contributed by atoms with Crippen molar-refractivity contribution >= 4 is 25.8 Å². The summed E-state index contributed by atoms with van der Waals surface area (Å²) in [6.07, 6.45) is 2.26. The molecule has 2 atom stereocenters. The van der Waals surface area contributed by atoms with Gasteiger partial charge in [-0.1, -0.05) is 35.8 Å². The minimum absolute atomic E-state index is 0.0705. The van der Waals surface area contributed by atoms with Crippen LogP contribution in [-0.2, 0) is 9.84 Å². The zero-order chi connectivity index (χ0) is 13.6. The Labute approximate surface area is 117 Å². The molecule has 1 aromatic carbocycles. The second-order valence-electron chi connectivity index (χ2n) is 5.38. The number of alkyl halides is 1. The van der Waals surface area contributed by atoms with Crippen molar-refractivity contribution < 1.29 is 13.2 Å². The highest BCUT2D eigenvalue weighted by Gasteiger charge is 2.48. The van der Waals surface area contributed by atoms with Gasteiger partial charge in [-0.2, -0.15) is 0 Å². The highest BCUT2D eigenvalue weighted by molar-refractivity contribution is 9.09. The first kappa shape index (κ1) is 13.9. The number of halogens is 1. The van der Waals surface area contributed by atoms with E-state index >= 15 is 0 Å². The predicted molar refractivity (Wildman–Crippen MR) is 75.1 cm³/mol. The summed E-state index contributed by atoms with van der Waals surface area (Å²) >= 11 is 3.61. The average Bonchev–Trinajstić information content (AvgIpc) is 2.28. The van der Waals surface area contributed by atoms with Crippen LogP contribution in [-0.4, -0.2) is 25.6 Å². The molecule has 0 amide bonds. The van der Waals surface area contributed by atoms with Gasteiger partial charge in [0.1, 0.15) is 11.9 Å². The lowest BCUT2D eigenvalue weighted by Gasteiger charge is -2.48. The van der Waals surface area contributed by atoms with Crippen molar-refractivity contribution in [1.82, 2.24) is 0 Å². The van der Waals surface area contributed by atoms with Crippen LogP contribution in [0.2, 0.25) is 0 Å². The molecule has 0 bridgehead atoms. The van der Waals surface area contributed by atoms with Crippen molar-refractivity contribution in [2.75, 3.05) is 6.26 Å². The van der Waals surface area contributed by atoms with Crippen molar-refractivity contribution in [3.8, 4) is 5.75 Å². The Morgan fingerprint density at radius 2 is 2.06 bits per heavy atom. The Morgan fingerprint density at radius 1 is 1.39 bits per heavy atom. The van der Waals surface area contributed by atoms with Gasteiger partial charge in [0.05, 0.1) is 4.90 Å². The molecule has 5 heteroatoms. The molecule has 1 aliphatic carbocycles. The van der Waals surface area contributed by atoms with Gasteiger partial charge >= 0.3 is 0 Å². The van der Waals surface area contributed by atoms with Crippen LogP contribution in [0.15, 0.2) is 29.2 Å². The molecule has 1 aromatic rings. The van der Waals surface area contributed by atoms with E-state index in [0.29, 0.717) is 15.5 Å². The zero-order valence-electron chi connectivity index (χ0n) is 10.7. The Kier molecular flexibility index (Phi) is 3.49. The Hall–Kier alpha value is -0.550. The number of rotatable bonds is 3. The highest BCUT2D eigenvalue weighted by Crippen LogP contribution is 2.47. The largest absolute Gasteiger partial charge is 0.490 e. The molecule has 1 fully saturated rings. The molecular weight excluding hydrogens is 316 g/mol. The molecule has 2 unspecified atom stereocenters. The van der Waals surface area contributed by atoms with Crippen LogP contribution >= 0.6 is 15.9 Å². The van der Waals surface area contributed by atoms with Crippen molar-refractivity contribution in [3.05, 3.63) is 24.3 Å². The zero-order valence-corrected chi connectivity index (χ0v) is 13.1. The third kappa shape index (κ3) is 2.57. The van der Waals surface area contributed by atoms with E-state index < -0.39 is 9.84 Å². The molecule has 1 saturated carbocycles. The van der Waals surface area contributed by atoms with Crippen LogP contribution in [0.1, 0.15) is 20.3 Å². The van der Waals surface area contributed by atoms with Gasteiger partial charge in [0.25, 0.3) is 0 Å². The lowest BCUT2D eigenvalue weighted by molar-refractivity contribution is -0.00793. The smallest absolute Gasteiger partial charge is 0.175 e. The maximum atomic E-state index is 11.5. The standard InChI is InChI=1S/C13H17BrO3S/c1-13(2)11(14)8-12(13)17-9-5-4-6-10(7-9)18(3,15)16/h4-7,11-12H,8H2,1-3H3. The lowest BCUT2D eigenvalue weighted by atomic mass is 9.69. The van der Waals surface area contributed by atoms with Gasteiger partial charge < -0.3 is 4.74 Å². The van der Waals surface area contributed by atoms with E-state index in [4.69, 9.17) is 4.74 Å². The number of hydrogen-bond acceptors (Lipinski definition) is 3. The van der Waals surface area contributed by atoms with Crippen LogP contribution in [0, 0.1) is 5.41 Å². The molecular formula is C13H17BrO3S. The van der Waals surface area contributed by atoms with E-state index in [1.807, 2.05) is 0 Å². The average molecular weight is 333 g/mol. The first-order chi connectivity index (χ1) is 8.21. The van der Waals surface area contributed by atoms with Gasteiger partial charge in [-0.15, -0.1) is 0 Å². The molecule has 2 rings (SSSR count). The Morgan fingerprint density at radius 3 is 2.56 bits per heavy atom. The molecule has 1 aliphatic rings. The summed E-state index contributed by atoms with van der Waals surface area (Å²) < 4.78 is 28.8. The second-order valence-corrected chi connectivity index (χ2v) is 8.50. The van der Waals surface area contributed by atoms with Crippen molar-refractivity contribution in [3.63, 3.8) is 0 Å². The summed E-state index contributed by atoms with van der Waals surface area (Å²) in [4.78, 5) is 0.751. The third-order valence-electron chi connectivity index (χ3n) is 3.57. The van der Waals surface area contributed by atoms with E-state index in [-0.39, 0.29) is 11.5 Å². The van der Waals surface area contributed by atoms with Gasteiger partial charge in [-0.05, 0) is 24.6 Å². The summed E-state index contributed by atoms with van der Waals surface area (Å²) in [5.41, 5.74) is 0.0705. The van der Waals surface area contributed by atoms with Crippen LogP contribution in [0.3, 0.4) is 0 Å². The number of benzene rings is 1.